The molecule has 0 spiro atoms. The van der Waals surface area contributed by atoms with Crippen LogP contribution in [-0.2, 0) is 9.53 Å². The Hall–Kier alpha value is -2.29. The average molecular weight is 268 g/mol. The number of aromatic hydroxyl groups is 1. The third kappa shape index (κ3) is 2.05. The van der Waals surface area contributed by atoms with Crippen LogP contribution in [0.5, 0.6) is 5.75 Å². The van der Waals surface area contributed by atoms with Crippen molar-refractivity contribution in [2.24, 2.45) is 0 Å². The topological polar surface area (TPSA) is 46.5 Å². The molecule has 2 aromatic rings. The maximum Gasteiger partial charge on any atom is 0.306 e. The zero-order chi connectivity index (χ0) is 14.1. The van der Waals surface area contributed by atoms with Crippen molar-refractivity contribution in [2.45, 2.75) is 25.9 Å². The molecule has 0 bridgehead atoms. The number of hydrogen-bond donors (Lipinski definition) is 1. The fourth-order valence-corrected chi connectivity index (χ4v) is 2.67. The summed E-state index contributed by atoms with van der Waals surface area (Å²) in [6.45, 7) is 1.95. The van der Waals surface area contributed by atoms with Crippen LogP contribution in [0.4, 0.5) is 0 Å². The van der Waals surface area contributed by atoms with Crippen molar-refractivity contribution in [3.8, 4) is 16.9 Å². The average Bonchev–Trinajstić information content (AvgIpc) is 2.73. The highest BCUT2D eigenvalue weighted by molar-refractivity contribution is 5.80. The highest BCUT2D eigenvalue weighted by Crippen LogP contribution is 2.46. The van der Waals surface area contributed by atoms with E-state index in [-0.39, 0.29) is 11.7 Å². The van der Waals surface area contributed by atoms with Gasteiger partial charge in [0.15, 0.2) is 6.10 Å². The predicted octanol–water partition coefficient (Wildman–Crippen LogP) is 3.81. The quantitative estimate of drug-likeness (QED) is 0.861. The van der Waals surface area contributed by atoms with Crippen LogP contribution in [0.3, 0.4) is 0 Å². The van der Waals surface area contributed by atoms with Crippen LogP contribution in [0, 0.1) is 0 Å². The lowest BCUT2D eigenvalue weighted by Gasteiger charge is -2.15. The summed E-state index contributed by atoms with van der Waals surface area (Å²) < 4.78 is 5.61. The number of esters is 1. The van der Waals surface area contributed by atoms with Crippen molar-refractivity contribution >= 4 is 5.97 Å². The van der Waals surface area contributed by atoms with Crippen molar-refractivity contribution in [2.75, 3.05) is 0 Å². The van der Waals surface area contributed by atoms with E-state index in [1.165, 1.54) is 0 Å². The van der Waals surface area contributed by atoms with Gasteiger partial charge >= 0.3 is 5.97 Å². The molecule has 3 heteroatoms. The van der Waals surface area contributed by atoms with Crippen LogP contribution in [-0.4, -0.2) is 11.1 Å². The molecule has 0 radical (unpaired) electrons. The third-order valence-corrected chi connectivity index (χ3v) is 3.55. The Morgan fingerprint density at radius 2 is 1.90 bits per heavy atom. The summed E-state index contributed by atoms with van der Waals surface area (Å²) in [4.78, 5) is 11.8. The number of hydrogen-bond acceptors (Lipinski definition) is 3. The minimum atomic E-state index is -0.410. The van der Waals surface area contributed by atoms with Gasteiger partial charge in [0, 0.05) is 17.5 Å². The van der Waals surface area contributed by atoms with Crippen molar-refractivity contribution in [1.29, 1.82) is 0 Å². The van der Waals surface area contributed by atoms with Gasteiger partial charge in [-0.05, 0) is 29.7 Å². The molecule has 0 aliphatic heterocycles. The van der Waals surface area contributed by atoms with Gasteiger partial charge in [-0.1, -0.05) is 37.3 Å². The van der Waals surface area contributed by atoms with Gasteiger partial charge in [-0.15, -0.1) is 0 Å². The summed E-state index contributed by atoms with van der Waals surface area (Å²) in [6, 6.07) is 13.1. The Kier molecular flexibility index (Phi) is 3.18. The third-order valence-electron chi connectivity index (χ3n) is 3.55. The number of rotatable bonds is 3. The molecule has 1 atom stereocenters. The second kappa shape index (κ2) is 5.00. The van der Waals surface area contributed by atoms with Crippen LogP contribution in [0.15, 0.2) is 42.5 Å². The van der Waals surface area contributed by atoms with Crippen LogP contribution in [0.2, 0.25) is 0 Å². The predicted molar refractivity (Wildman–Crippen MR) is 76.4 cm³/mol. The molecule has 0 fully saturated rings. The Morgan fingerprint density at radius 1 is 1.15 bits per heavy atom. The SMILES string of the molecule is CCCC(=O)OC1c2ccccc2-c2ccc(O)cc21. The molecule has 102 valence electrons. The zero-order valence-electron chi connectivity index (χ0n) is 11.3. The number of benzene rings is 2. The molecule has 0 saturated heterocycles. The maximum absolute atomic E-state index is 11.8. The van der Waals surface area contributed by atoms with Gasteiger partial charge in [-0.3, -0.25) is 4.79 Å². The fourth-order valence-electron chi connectivity index (χ4n) is 2.67. The summed E-state index contributed by atoms with van der Waals surface area (Å²) in [5.74, 6) is -0.0170. The lowest BCUT2D eigenvalue weighted by molar-refractivity contribution is -0.147. The number of ether oxygens (including phenoxy) is 1. The number of phenolic OH excluding ortho intramolecular Hbond substituents is 1. The number of carbonyl (C=O) groups excluding carboxylic acids is 1. The molecule has 3 nitrogen and oxygen atoms in total. The highest BCUT2D eigenvalue weighted by atomic mass is 16.5. The number of phenols is 1. The van der Waals surface area contributed by atoms with Crippen molar-refractivity contribution in [3.05, 3.63) is 53.6 Å². The second-order valence-corrected chi connectivity index (χ2v) is 4.98. The van der Waals surface area contributed by atoms with Gasteiger partial charge in [0.25, 0.3) is 0 Å². The summed E-state index contributed by atoms with van der Waals surface area (Å²) >= 11 is 0. The molecular weight excluding hydrogens is 252 g/mol. The minimum absolute atomic E-state index is 0.188. The molecule has 0 heterocycles. The van der Waals surface area contributed by atoms with Gasteiger partial charge in [-0.2, -0.15) is 0 Å². The van der Waals surface area contributed by atoms with Crippen LogP contribution >= 0.6 is 0 Å². The minimum Gasteiger partial charge on any atom is -0.508 e. The fraction of sp³-hybridized carbons (Fsp3) is 0.235. The summed E-state index contributed by atoms with van der Waals surface area (Å²) in [5.41, 5.74) is 3.93. The normalized spacial score (nSPS) is 15.6. The zero-order valence-corrected chi connectivity index (χ0v) is 11.3. The first-order chi connectivity index (χ1) is 9.70. The molecule has 3 rings (SSSR count). The first kappa shape index (κ1) is 12.7. The lowest BCUT2D eigenvalue weighted by Crippen LogP contribution is -2.10. The van der Waals surface area contributed by atoms with Gasteiger partial charge in [0.05, 0.1) is 0 Å². The molecule has 20 heavy (non-hydrogen) atoms. The molecule has 1 N–H and O–H groups in total. The van der Waals surface area contributed by atoms with E-state index in [0.29, 0.717) is 6.42 Å². The lowest BCUT2D eigenvalue weighted by atomic mass is 10.1. The number of fused-ring (bicyclic) bond motifs is 3. The molecule has 1 aliphatic rings. The monoisotopic (exact) mass is 268 g/mol. The number of carbonyl (C=O) groups is 1. The van der Waals surface area contributed by atoms with E-state index in [2.05, 4.69) is 0 Å². The first-order valence-corrected chi connectivity index (χ1v) is 6.82. The Morgan fingerprint density at radius 3 is 2.70 bits per heavy atom. The van der Waals surface area contributed by atoms with E-state index in [1.807, 2.05) is 37.3 Å². The molecule has 0 amide bonds. The molecule has 0 aromatic heterocycles. The van der Waals surface area contributed by atoms with Gasteiger partial charge < -0.3 is 9.84 Å². The van der Waals surface area contributed by atoms with E-state index in [9.17, 15) is 9.90 Å². The molecule has 0 saturated carbocycles. The summed E-state index contributed by atoms with van der Waals surface area (Å²) in [6.07, 6.45) is 0.764. The van der Waals surface area contributed by atoms with Gasteiger partial charge in [-0.25, -0.2) is 0 Å². The Labute approximate surface area is 117 Å². The molecular formula is C17H16O3. The molecule has 1 unspecified atom stereocenters. The smallest absolute Gasteiger partial charge is 0.306 e. The Balaban J connectivity index is 2.05. The van der Waals surface area contributed by atoms with E-state index in [0.717, 1.165) is 28.7 Å². The second-order valence-electron chi connectivity index (χ2n) is 4.98. The van der Waals surface area contributed by atoms with E-state index >= 15 is 0 Å². The molecule has 2 aromatic carbocycles. The summed E-state index contributed by atoms with van der Waals surface area (Å²) in [7, 11) is 0. The van der Waals surface area contributed by atoms with Crippen LogP contribution in [0.1, 0.15) is 37.0 Å². The van der Waals surface area contributed by atoms with Gasteiger partial charge in [0.1, 0.15) is 5.75 Å². The van der Waals surface area contributed by atoms with E-state index < -0.39 is 6.10 Å². The van der Waals surface area contributed by atoms with Crippen LogP contribution < -0.4 is 0 Å². The van der Waals surface area contributed by atoms with Gasteiger partial charge in [0.2, 0.25) is 0 Å². The largest absolute Gasteiger partial charge is 0.508 e. The van der Waals surface area contributed by atoms with Crippen LogP contribution in [0.25, 0.3) is 11.1 Å². The highest BCUT2D eigenvalue weighted by Gasteiger charge is 2.31. The maximum atomic E-state index is 11.8. The molecule has 1 aliphatic carbocycles. The van der Waals surface area contributed by atoms with E-state index in [1.54, 1.807) is 12.1 Å². The van der Waals surface area contributed by atoms with E-state index in [4.69, 9.17) is 4.74 Å². The van der Waals surface area contributed by atoms with Crippen molar-refractivity contribution in [1.82, 2.24) is 0 Å². The Bertz CT molecular complexity index is 661. The van der Waals surface area contributed by atoms with Crippen molar-refractivity contribution < 1.29 is 14.6 Å². The van der Waals surface area contributed by atoms with Crippen molar-refractivity contribution in [3.63, 3.8) is 0 Å². The standard InChI is InChI=1S/C17H16O3/c1-2-5-16(19)20-17-14-7-4-3-6-12(14)13-9-8-11(18)10-15(13)17/h3-4,6-10,17-18H,2,5H2,1H3. The summed E-state index contributed by atoms with van der Waals surface area (Å²) in [5, 5.41) is 9.69. The first-order valence-electron chi connectivity index (χ1n) is 6.82.